The smallest absolute Gasteiger partial charge is 0.206 e. The van der Waals surface area contributed by atoms with E-state index in [1.807, 2.05) is 0 Å². The summed E-state index contributed by atoms with van der Waals surface area (Å²) < 4.78 is 51.4. The van der Waals surface area contributed by atoms with Gasteiger partial charge in [0.1, 0.15) is 5.82 Å². The molecule has 2 rings (SSSR count). The molecule has 1 aromatic carbocycles. The van der Waals surface area contributed by atoms with Crippen molar-refractivity contribution in [2.75, 3.05) is 0 Å². The quantitative estimate of drug-likeness (QED) is 0.332. The van der Waals surface area contributed by atoms with Crippen LogP contribution in [-0.4, -0.2) is 0 Å². The molecule has 25 heavy (non-hydrogen) atoms. The summed E-state index contributed by atoms with van der Waals surface area (Å²) in [4.78, 5) is 0. The summed E-state index contributed by atoms with van der Waals surface area (Å²) >= 11 is 0. The van der Waals surface area contributed by atoms with Gasteiger partial charge in [0.25, 0.3) is 0 Å². The van der Waals surface area contributed by atoms with Crippen LogP contribution >= 0.6 is 0 Å². The largest absolute Gasteiger partial charge is 0.419 e. The third-order valence-corrected chi connectivity index (χ3v) is 5.61. The maximum atomic E-state index is 13.6. The number of rotatable bonds is 8. The van der Waals surface area contributed by atoms with Crippen molar-refractivity contribution in [2.24, 2.45) is 11.8 Å². The lowest BCUT2D eigenvalue weighted by Gasteiger charge is -2.28. The average Bonchev–Trinajstić information content (AvgIpc) is 2.57. The standard InChI is InChI=1S/C21H30F4/c1-2-3-4-5-6-16-7-9-17(10-8-16)11-12-18-13-14-19(20(22)15-18)21(23,24)25/h13-17H,2-12H2,1H3. The maximum Gasteiger partial charge on any atom is 0.419 e. The fraction of sp³-hybridized carbons (Fsp3) is 0.714. The Hall–Kier alpha value is -1.06. The van der Waals surface area contributed by atoms with Gasteiger partial charge in [-0.05, 0) is 42.4 Å². The SMILES string of the molecule is CCCCCCC1CCC(CCc2ccc(C(F)(F)F)c(F)c2)CC1. The van der Waals surface area contributed by atoms with Gasteiger partial charge in [0, 0.05) is 0 Å². The van der Waals surface area contributed by atoms with E-state index in [0.29, 0.717) is 17.9 Å². The topological polar surface area (TPSA) is 0 Å². The van der Waals surface area contributed by atoms with Crippen LogP contribution in [0.15, 0.2) is 18.2 Å². The first-order valence-electron chi connectivity index (χ1n) is 9.75. The molecule has 0 radical (unpaired) electrons. The minimum absolute atomic E-state index is 0.636. The first-order valence-corrected chi connectivity index (χ1v) is 9.75. The van der Waals surface area contributed by atoms with Crippen LogP contribution in [0.2, 0.25) is 0 Å². The summed E-state index contributed by atoms with van der Waals surface area (Å²) in [5, 5.41) is 0. The first-order chi connectivity index (χ1) is 11.9. The molecular weight excluding hydrogens is 328 g/mol. The molecule has 4 heteroatoms. The van der Waals surface area contributed by atoms with Crippen molar-refractivity contribution >= 4 is 0 Å². The number of unbranched alkanes of at least 4 members (excludes halogenated alkanes) is 3. The van der Waals surface area contributed by atoms with E-state index < -0.39 is 17.6 Å². The normalized spacial score (nSPS) is 21.5. The van der Waals surface area contributed by atoms with Crippen molar-refractivity contribution in [1.29, 1.82) is 0 Å². The van der Waals surface area contributed by atoms with Gasteiger partial charge in [-0.25, -0.2) is 4.39 Å². The van der Waals surface area contributed by atoms with E-state index >= 15 is 0 Å². The Balaban J connectivity index is 1.72. The number of aryl methyl sites for hydroxylation is 1. The molecule has 1 fully saturated rings. The third kappa shape index (κ3) is 6.63. The Kier molecular flexibility index (Phi) is 7.77. The minimum Gasteiger partial charge on any atom is -0.206 e. The van der Waals surface area contributed by atoms with Gasteiger partial charge in [-0.2, -0.15) is 13.2 Å². The zero-order chi connectivity index (χ0) is 18.3. The Morgan fingerprint density at radius 3 is 2.12 bits per heavy atom. The van der Waals surface area contributed by atoms with Gasteiger partial charge in [-0.15, -0.1) is 0 Å². The molecule has 0 saturated heterocycles. The fourth-order valence-electron chi connectivity index (χ4n) is 3.98. The Labute approximate surface area is 149 Å². The second-order valence-corrected chi connectivity index (χ2v) is 7.59. The van der Waals surface area contributed by atoms with Gasteiger partial charge in [0.2, 0.25) is 0 Å². The van der Waals surface area contributed by atoms with Crippen LogP contribution in [0.5, 0.6) is 0 Å². The van der Waals surface area contributed by atoms with E-state index in [0.717, 1.165) is 24.5 Å². The lowest BCUT2D eigenvalue weighted by atomic mass is 9.77. The average molecular weight is 358 g/mol. The molecule has 0 unspecified atom stereocenters. The molecular formula is C21H30F4. The van der Waals surface area contributed by atoms with Gasteiger partial charge in [0.15, 0.2) is 0 Å². The Morgan fingerprint density at radius 1 is 0.920 bits per heavy atom. The van der Waals surface area contributed by atoms with E-state index in [9.17, 15) is 17.6 Å². The number of halogens is 4. The highest BCUT2D eigenvalue weighted by atomic mass is 19.4. The van der Waals surface area contributed by atoms with Crippen LogP contribution in [0.3, 0.4) is 0 Å². The van der Waals surface area contributed by atoms with E-state index in [1.54, 1.807) is 0 Å². The molecule has 0 amide bonds. The number of hydrogen-bond acceptors (Lipinski definition) is 0. The van der Waals surface area contributed by atoms with Crippen molar-refractivity contribution in [3.8, 4) is 0 Å². The van der Waals surface area contributed by atoms with Crippen LogP contribution in [0.4, 0.5) is 17.6 Å². The Bertz CT molecular complexity index is 513. The van der Waals surface area contributed by atoms with Crippen LogP contribution in [-0.2, 0) is 12.6 Å². The maximum absolute atomic E-state index is 13.6. The highest BCUT2D eigenvalue weighted by Gasteiger charge is 2.33. The number of alkyl halides is 3. The highest BCUT2D eigenvalue weighted by molar-refractivity contribution is 5.26. The van der Waals surface area contributed by atoms with Crippen molar-refractivity contribution < 1.29 is 17.6 Å². The number of benzene rings is 1. The third-order valence-electron chi connectivity index (χ3n) is 5.61. The predicted molar refractivity (Wildman–Crippen MR) is 93.9 cm³/mol. The number of hydrogen-bond donors (Lipinski definition) is 0. The minimum atomic E-state index is -4.61. The van der Waals surface area contributed by atoms with Crippen LogP contribution in [0.25, 0.3) is 0 Å². The monoisotopic (exact) mass is 358 g/mol. The molecule has 0 bridgehead atoms. The molecule has 0 atom stereocenters. The van der Waals surface area contributed by atoms with Gasteiger partial charge in [0.05, 0.1) is 5.56 Å². The zero-order valence-corrected chi connectivity index (χ0v) is 15.2. The van der Waals surface area contributed by atoms with E-state index in [1.165, 1.54) is 63.9 Å². The molecule has 1 aromatic rings. The molecule has 1 aliphatic carbocycles. The fourth-order valence-corrected chi connectivity index (χ4v) is 3.98. The lowest BCUT2D eigenvalue weighted by molar-refractivity contribution is -0.140. The second kappa shape index (κ2) is 9.59. The molecule has 1 aliphatic rings. The van der Waals surface area contributed by atoms with Crippen molar-refractivity contribution in [3.63, 3.8) is 0 Å². The summed E-state index contributed by atoms with van der Waals surface area (Å²) in [6, 6.07) is 3.35. The molecule has 142 valence electrons. The first kappa shape index (κ1) is 20.3. The van der Waals surface area contributed by atoms with Crippen LogP contribution < -0.4 is 0 Å². The highest BCUT2D eigenvalue weighted by Crippen LogP contribution is 2.35. The molecule has 0 nitrogen and oxygen atoms in total. The summed E-state index contributed by atoms with van der Waals surface area (Å²) in [5.74, 6) is 0.342. The zero-order valence-electron chi connectivity index (χ0n) is 15.2. The molecule has 0 spiro atoms. The second-order valence-electron chi connectivity index (χ2n) is 7.59. The van der Waals surface area contributed by atoms with E-state index in [4.69, 9.17) is 0 Å². The summed E-state index contributed by atoms with van der Waals surface area (Å²) in [5.41, 5.74) is -0.493. The summed E-state index contributed by atoms with van der Waals surface area (Å²) in [7, 11) is 0. The Morgan fingerprint density at radius 2 is 1.56 bits per heavy atom. The van der Waals surface area contributed by atoms with Gasteiger partial charge >= 0.3 is 6.18 Å². The summed E-state index contributed by atoms with van der Waals surface area (Å²) in [6.45, 7) is 2.23. The molecule has 0 heterocycles. The van der Waals surface area contributed by atoms with Gasteiger partial charge in [-0.3, -0.25) is 0 Å². The molecule has 0 N–H and O–H groups in total. The van der Waals surface area contributed by atoms with Crippen LogP contribution in [0.1, 0.15) is 82.3 Å². The van der Waals surface area contributed by atoms with Crippen molar-refractivity contribution in [3.05, 3.63) is 35.1 Å². The van der Waals surface area contributed by atoms with Crippen LogP contribution in [0, 0.1) is 17.7 Å². The summed E-state index contributed by atoms with van der Waals surface area (Å²) in [6.07, 6.45) is 8.61. The molecule has 0 aromatic heterocycles. The van der Waals surface area contributed by atoms with Crippen molar-refractivity contribution in [2.45, 2.75) is 83.7 Å². The van der Waals surface area contributed by atoms with Gasteiger partial charge in [-0.1, -0.05) is 70.8 Å². The van der Waals surface area contributed by atoms with E-state index in [2.05, 4.69) is 6.92 Å². The lowest BCUT2D eigenvalue weighted by Crippen LogP contribution is -2.15. The molecule has 1 saturated carbocycles. The van der Waals surface area contributed by atoms with Crippen molar-refractivity contribution in [1.82, 2.24) is 0 Å². The van der Waals surface area contributed by atoms with E-state index in [-0.39, 0.29) is 0 Å². The predicted octanol–water partition coefficient (Wildman–Crippen LogP) is 7.55. The molecule has 0 aliphatic heterocycles. The van der Waals surface area contributed by atoms with Gasteiger partial charge < -0.3 is 0 Å².